The highest BCUT2D eigenvalue weighted by atomic mass is 32.2. The summed E-state index contributed by atoms with van der Waals surface area (Å²) < 4.78 is 38.2. The molecule has 2 aromatic carbocycles. The lowest BCUT2D eigenvalue weighted by Crippen LogP contribution is -2.45. The molecule has 0 radical (unpaired) electrons. The minimum Gasteiger partial charge on any atom is -0.494 e. The number of rotatable bonds is 9. The van der Waals surface area contributed by atoms with E-state index in [1.807, 2.05) is 6.92 Å². The lowest BCUT2D eigenvalue weighted by molar-refractivity contribution is -0.123. The van der Waals surface area contributed by atoms with Gasteiger partial charge in [0.1, 0.15) is 5.75 Å². The van der Waals surface area contributed by atoms with E-state index in [1.54, 1.807) is 6.07 Å². The predicted octanol–water partition coefficient (Wildman–Crippen LogP) is 2.81. The third kappa shape index (κ3) is 6.95. The van der Waals surface area contributed by atoms with E-state index < -0.39 is 34.5 Å². The highest BCUT2D eigenvalue weighted by Gasteiger charge is 2.21. The average molecular weight is 490 g/mol. The Morgan fingerprint density at radius 3 is 2.35 bits per heavy atom. The molecule has 10 nitrogen and oxygen atoms in total. The van der Waals surface area contributed by atoms with Crippen molar-refractivity contribution in [1.82, 2.24) is 10.6 Å². The molecule has 0 spiro atoms. The SMILES string of the molecule is CCOc1ccc(S(=O)(=O)Nc2ccccc2C(=O)OCC(=O)NC(=O)NC2CCCC2)cc1. The summed E-state index contributed by atoms with van der Waals surface area (Å²) in [4.78, 5) is 36.3. The van der Waals surface area contributed by atoms with E-state index in [2.05, 4.69) is 15.4 Å². The molecule has 3 amide bonds. The Labute approximate surface area is 198 Å². The molecule has 1 saturated carbocycles. The van der Waals surface area contributed by atoms with Crippen LogP contribution in [-0.2, 0) is 19.6 Å². The second-order valence-corrected chi connectivity index (χ2v) is 9.32. The zero-order valence-electron chi connectivity index (χ0n) is 18.7. The molecule has 3 N–H and O–H groups in total. The van der Waals surface area contributed by atoms with E-state index in [9.17, 15) is 22.8 Å². The van der Waals surface area contributed by atoms with Gasteiger partial charge in [-0.05, 0) is 56.2 Å². The Kier molecular flexibility index (Phi) is 8.47. The number of benzene rings is 2. The van der Waals surface area contributed by atoms with Gasteiger partial charge < -0.3 is 14.8 Å². The maximum Gasteiger partial charge on any atom is 0.340 e. The molecule has 0 atom stereocenters. The van der Waals surface area contributed by atoms with E-state index in [-0.39, 0.29) is 22.2 Å². The summed E-state index contributed by atoms with van der Waals surface area (Å²) in [6.07, 6.45) is 3.77. The smallest absolute Gasteiger partial charge is 0.340 e. The van der Waals surface area contributed by atoms with E-state index in [4.69, 9.17) is 9.47 Å². The molecule has 0 aromatic heterocycles. The van der Waals surface area contributed by atoms with Crippen LogP contribution in [0.25, 0.3) is 0 Å². The number of hydrogen-bond acceptors (Lipinski definition) is 7. The minimum atomic E-state index is -4.01. The van der Waals surface area contributed by atoms with Gasteiger partial charge in [-0.3, -0.25) is 14.8 Å². The van der Waals surface area contributed by atoms with Crippen molar-refractivity contribution in [3.63, 3.8) is 0 Å². The second kappa shape index (κ2) is 11.5. The minimum absolute atomic E-state index is 0.0132. The van der Waals surface area contributed by atoms with Crippen LogP contribution in [0.4, 0.5) is 10.5 Å². The van der Waals surface area contributed by atoms with Crippen molar-refractivity contribution < 1.29 is 32.3 Å². The van der Waals surface area contributed by atoms with Crippen LogP contribution in [0.1, 0.15) is 43.0 Å². The molecule has 0 bridgehead atoms. The molecule has 0 unspecified atom stereocenters. The molecular weight excluding hydrogens is 462 g/mol. The first-order valence-electron chi connectivity index (χ1n) is 10.9. The first-order valence-corrected chi connectivity index (χ1v) is 12.4. The first kappa shape index (κ1) is 25.0. The summed E-state index contributed by atoms with van der Waals surface area (Å²) in [6.45, 7) is 1.57. The quantitative estimate of drug-likeness (QED) is 0.460. The Morgan fingerprint density at radius 2 is 1.68 bits per heavy atom. The van der Waals surface area contributed by atoms with Crippen LogP contribution >= 0.6 is 0 Å². The summed E-state index contributed by atoms with van der Waals surface area (Å²) in [5.74, 6) is -1.19. The molecule has 182 valence electrons. The zero-order valence-corrected chi connectivity index (χ0v) is 19.5. The molecular formula is C23H27N3O7S. The van der Waals surface area contributed by atoms with Crippen LogP contribution in [0.15, 0.2) is 53.4 Å². The van der Waals surface area contributed by atoms with Crippen molar-refractivity contribution >= 4 is 33.6 Å². The zero-order chi connectivity index (χ0) is 24.6. The van der Waals surface area contributed by atoms with Crippen molar-refractivity contribution in [3.05, 3.63) is 54.1 Å². The van der Waals surface area contributed by atoms with Crippen molar-refractivity contribution in [2.45, 2.75) is 43.5 Å². The molecule has 0 aliphatic heterocycles. The standard InChI is InChI=1S/C23H27N3O7S/c1-2-32-17-11-13-18(14-12-17)34(30,31)26-20-10-6-5-9-19(20)22(28)33-15-21(27)25-23(29)24-16-7-3-4-8-16/h5-6,9-14,16,26H,2-4,7-8,15H2,1H3,(H2,24,25,27,29). The summed E-state index contributed by atoms with van der Waals surface area (Å²) in [6, 6.07) is 11.1. The molecule has 0 heterocycles. The van der Waals surface area contributed by atoms with Gasteiger partial charge in [0.15, 0.2) is 6.61 Å². The molecule has 0 saturated heterocycles. The number of sulfonamides is 1. The molecule has 3 rings (SSSR count). The number of imide groups is 1. The van der Waals surface area contributed by atoms with Gasteiger partial charge in [0, 0.05) is 6.04 Å². The van der Waals surface area contributed by atoms with Gasteiger partial charge in [0.05, 0.1) is 22.8 Å². The molecule has 34 heavy (non-hydrogen) atoms. The number of urea groups is 1. The van der Waals surface area contributed by atoms with Crippen molar-refractivity contribution in [2.24, 2.45) is 0 Å². The fraction of sp³-hybridized carbons (Fsp3) is 0.348. The van der Waals surface area contributed by atoms with Crippen molar-refractivity contribution in [1.29, 1.82) is 0 Å². The first-order chi connectivity index (χ1) is 16.3. The van der Waals surface area contributed by atoms with E-state index in [0.717, 1.165) is 25.7 Å². The fourth-order valence-electron chi connectivity index (χ4n) is 3.50. The highest BCUT2D eigenvalue weighted by Crippen LogP contribution is 2.22. The van der Waals surface area contributed by atoms with Crippen LogP contribution in [0.5, 0.6) is 5.75 Å². The second-order valence-electron chi connectivity index (χ2n) is 7.63. The van der Waals surface area contributed by atoms with Crippen molar-refractivity contribution in [3.8, 4) is 5.75 Å². The Bertz CT molecular complexity index is 1130. The molecule has 1 fully saturated rings. The fourth-order valence-corrected chi connectivity index (χ4v) is 4.58. The maximum absolute atomic E-state index is 12.8. The summed E-state index contributed by atoms with van der Waals surface area (Å²) in [5.41, 5.74) is -0.0963. The van der Waals surface area contributed by atoms with Crippen LogP contribution < -0.4 is 20.1 Å². The molecule has 2 aromatic rings. The number of para-hydroxylation sites is 1. The Balaban J connectivity index is 1.59. The number of carbonyl (C=O) groups excluding carboxylic acids is 3. The Hall–Kier alpha value is -3.60. The predicted molar refractivity (Wildman–Crippen MR) is 124 cm³/mol. The molecule has 1 aliphatic carbocycles. The number of hydrogen-bond donors (Lipinski definition) is 3. The third-order valence-corrected chi connectivity index (χ3v) is 6.50. The summed E-state index contributed by atoms with van der Waals surface area (Å²) in [7, 11) is -4.01. The number of carbonyl (C=O) groups is 3. The molecule has 1 aliphatic rings. The van der Waals surface area contributed by atoms with Crippen molar-refractivity contribution in [2.75, 3.05) is 17.9 Å². The normalized spacial score (nSPS) is 13.7. The van der Waals surface area contributed by atoms with Gasteiger partial charge in [0.2, 0.25) is 0 Å². The van der Waals surface area contributed by atoms with Gasteiger partial charge >= 0.3 is 12.0 Å². The maximum atomic E-state index is 12.8. The van der Waals surface area contributed by atoms with E-state index in [1.165, 1.54) is 42.5 Å². The Morgan fingerprint density at radius 1 is 1.00 bits per heavy atom. The van der Waals surface area contributed by atoms with Gasteiger partial charge in [-0.25, -0.2) is 18.0 Å². The van der Waals surface area contributed by atoms with Crippen LogP contribution in [-0.4, -0.2) is 45.6 Å². The topological polar surface area (TPSA) is 140 Å². The average Bonchev–Trinajstić information content (AvgIpc) is 3.31. The lowest BCUT2D eigenvalue weighted by atomic mass is 10.2. The van der Waals surface area contributed by atoms with Crippen LogP contribution in [0, 0.1) is 0 Å². The summed E-state index contributed by atoms with van der Waals surface area (Å²) >= 11 is 0. The number of amides is 3. The lowest BCUT2D eigenvalue weighted by Gasteiger charge is -2.14. The molecule has 11 heteroatoms. The number of nitrogens with one attached hydrogen (secondary N) is 3. The van der Waals surface area contributed by atoms with Crippen LogP contribution in [0.2, 0.25) is 0 Å². The number of anilines is 1. The number of ether oxygens (including phenoxy) is 2. The third-order valence-electron chi connectivity index (χ3n) is 5.11. The highest BCUT2D eigenvalue weighted by molar-refractivity contribution is 7.92. The van der Waals surface area contributed by atoms with E-state index in [0.29, 0.717) is 12.4 Å². The summed E-state index contributed by atoms with van der Waals surface area (Å²) in [5, 5.41) is 4.81. The van der Waals surface area contributed by atoms with Gasteiger partial charge in [-0.2, -0.15) is 0 Å². The monoisotopic (exact) mass is 489 g/mol. The van der Waals surface area contributed by atoms with Gasteiger partial charge in [-0.15, -0.1) is 0 Å². The van der Waals surface area contributed by atoms with Gasteiger partial charge in [-0.1, -0.05) is 25.0 Å². The van der Waals surface area contributed by atoms with Gasteiger partial charge in [0.25, 0.3) is 15.9 Å². The van der Waals surface area contributed by atoms with E-state index >= 15 is 0 Å². The largest absolute Gasteiger partial charge is 0.494 e. The van der Waals surface area contributed by atoms with Crippen LogP contribution in [0.3, 0.4) is 0 Å². The number of esters is 1.